The zero-order chi connectivity index (χ0) is 16.3. The Hall–Kier alpha value is -1.01. The van der Waals surface area contributed by atoms with Gasteiger partial charge in [0.2, 0.25) is 0 Å². The van der Waals surface area contributed by atoms with E-state index in [0.29, 0.717) is 32.5 Å². The molecule has 2 N–H and O–H groups in total. The van der Waals surface area contributed by atoms with Crippen molar-refractivity contribution >= 4 is 58.0 Å². The Kier molecular flexibility index (Phi) is 5.92. The molecule has 0 bridgehead atoms. The van der Waals surface area contributed by atoms with E-state index in [1.165, 1.54) is 0 Å². The number of anilines is 1. The minimum absolute atomic E-state index is 0.233. The van der Waals surface area contributed by atoms with Crippen LogP contribution in [0.15, 0.2) is 24.4 Å². The lowest BCUT2D eigenvalue weighted by Gasteiger charge is -2.11. The lowest BCUT2D eigenvalue weighted by atomic mass is 10.2. The zero-order valence-electron chi connectivity index (χ0n) is 12.0. The van der Waals surface area contributed by atoms with Gasteiger partial charge in [-0.1, -0.05) is 40.9 Å². The third kappa shape index (κ3) is 4.74. The van der Waals surface area contributed by atoms with E-state index in [9.17, 15) is 0 Å². The van der Waals surface area contributed by atoms with Crippen molar-refractivity contribution in [2.45, 2.75) is 26.4 Å². The highest BCUT2D eigenvalue weighted by Crippen LogP contribution is 2.24. The summed E-state index contributed by atoms with van der Waals surface area (Å²) in [6, 6.07) is 5.68. The number of rotatable bonds is 4. The van der Waals surface area contributed by atoms with Crippen LogP contribution in [-0.2, 0) is 6.54 Å². The molecular formula is C14H15Cl3N4S. The van der Waals surface area contributed by atoms with Crippen LogP contribution in [0.4, 0.5) is 5.82 Å². The predicted octanol–water partition coefficient (Wildman–Crippen LogP) is 4.59. The van der Waals surface area contributed by atoms with Gasteiger partial charge >= 0.3 is 0 Å². The van der Waals surface area contributed by atoms with Crippen molar-refractivity contribution in [1.82, 2.24) is 15.1 Å². The fourth-order valence-corrected chi connectivity index (χ4v) is 2.64. The van der Waals surface area contributed by atoms with E-state index in [1.54, 1.807) is 23.0 Å². The van der Waals surface area contributed by atoms with Crippen molar-refractivity contribution in [3.8, 4) is 0 Å². The Morgan fingerprint density at radius 1 is 1.23 bits per heavy atom. The number of nitrogens with zero attached hydrogens (tertiary/aromatic N) is 2. The maximum Gasteiger partial charge on any atom is 0.173 e. The van der Waals surface area contributed by atoms with E-state index >= 15 is 0 Å². The molecule has 0 spiro atoms. The average molecular weight is 378 g/mol. The molecule has 0 saturated heterocycles. The maximum absolute atomic E-state index is 6.17. The first-order valence-corrected chi connectivity index (χ1v) is 8.13. The molecule has 0 aliphatic rings. The molecule has 2 rings (SSSR count). The van der Waals surface area contributed by atoms with Crippen molar-refractivity contribution in [2.75, 3.05) is 5.32 Å². The summed E-state index contributed by atoms with van der Waals surface area (Å²) in [7, 11) is 0. The first-order valence-electron chi connectivity index (χ1n) is 6.59. The summed E-state index contributed by atoms with van der Waals surface area (Å²) in [6.45, 7) is 4.53. The van der Waals surface area contributed by atoms with Crippen LogP contribution in [0.1, 0.15) is 19.4 Å². The van der Waals surface area contributed by atoms with Gasteiger partial charge in [-0.05, 0) is 43.8 Å². The molecule has 0 fully saturated rings. The third-order valence-electron chi connectivity index (χ3n) is 2.70. The molecule has 1 aromatic heterocycles. The number of halogens is 3. The van der Waals surface area contributed by atoms with Crippen LogP contribution < -0.4 is 10.6 Å². The summed E-state index contributed by atoms with van der Waals surface area (Å²) >= 11 is 23.3. The van der Waals surface area contributed by atoms with E-state index in [-0.39, 0.29) is 6.04 Å². The van der Waals surface area contributed by atoms with Gasteiger partial charge in [-0.3, -0.25) is 4.68 Å². The van der Waals surface area contributed by atoms with Crippen molar-refractivity contribution in [1.29, 1.82) is 0 Å². The zero-order valence-corrected chi connectivity index (χ0v) is 15.1. The van der Waals surface area contributed by atoms with Gasteiger partial charge in [0.25, 0.3) is 0 Å². The normalized spacial score (nSPS) is 10.8. The molecule has 0 amide bonds. The smallest absolute Gasteiger partial charge is 0.173 e. The first kappa shape index (κ1) is 17.3. The highest BCUT2D eigenvalue weighted by Gasteiger charge is 2.10. The fraction of sp³-hybridized carbons (Fsp3) is 0.286. The summed E-state index contributed by atoms with van der Waals surface area (Å²) in [6.07, 6.45) is 1.73. The van der Waals surface area contributed by atoms with Gasteiger partial charge in [-0.25, -0.2) is 0 Å². The van der Waals surface area contributed by atoms with Crippen LogP contribution >= 0.6 is 47.0 Å². The number of hydrogen-bond acceptors (Lipinski definition) is 2. The molecular weight excluding hydrogens is 363 g/mol. The van der Waals surface area contributed by atoms with Crippen molar-refractivity contribution in [2.24, 2.45) is 0 Å². The SMILES string of the molecule is CC(C)NC(=S)Nc1nn(Cc2ccc(Cl)c(Cl)c2)cc1Cl. The van der Waals surface area contributed by atoms with Crippen molar-refractivity contribution in [3.63, 3.8) is 0 Å². The molecule has 118 valence electrons. The molecule has 0 aliphatic heterocycles. The Morgan fingerprint density at radius 3 is 2.59 bits per heavy atom. The van der Waals surface area contributed by atoms with Gasteiger partial charge in [-0.15, -0.1) is 0 Å². The Bertz CT molecular complexity index is 685. The van der Waals surface area contributed by atoms with Gasteiger partial charge < -0.3 is 10.6 Å². The summed E-state index contributed by atoms with van der Waals surface area (Å²) in [5, 5.41) is 12.4. The summed E-state index contributed by atoms with van der Waals surface area (Å²) in [4.78, 5) is 0. The van der Waals surface area contributed by atoms with Crippen LogP contribution in [0.3, 0.4) is 0 Å². The molecule has 0 saturated carbocycles. The number of hydrogen-bond donors (Lipinski definition) is 2. The lowest BCUT2D eigenvalue weighted by molar-refractivity contribution is 0.689. The quantitative estimate of drug-likeness (QED) is 0.765. The molecule has 8 heteroatoms. The summed E-state index contributed by atoms with van der Waals surface area (Å²) < 4.78 is 1.71. The van der Waals surface area contributed by atoms with Crippen LogP contribution in [-0.4, -0.2) is 20.9 Å². The average Bonchev–Trinajstić information content (AvgIpc) is 2.73. The number of benzene rings is 1. The standard InChI is InChI=1S/C14H15Cl3N4S/c1-8(2)18-14(22)19-13-12(17)7-21(20-13)6-9-3-4-10(15)11(16)5-9/h3-5,7-8H,6H2,1-2H3,(H2,18,19,20,22). The van der Waals surface area contributed by atoms with Crippen molar-refractivity contribution < 1.29 is 0 Å². The Balaban J connectivity index is 2.08. The second kappa shape index (κ2) is 7.51. The van der Waals surface area contributed by atoms with E-state index in [1.807, 2.05) is 19.9 Å². The van der Waals surface area contributed by atoms with Gasteiger partial charge in [0.1, 0.15) is 5.02 Å². The highest BCUT2D eigenvalue weighted by molar-refractivity contribution is 7.80. The minimum Gasteiger partial charge on any atom is -0.360 e. The van der Waals surface area contributed by atoms with Crippen LogP contribution in [0.5, 0.6) is 0 Å². The molecule has 1 heterocycles. The van der Waals surface area contributed by atoms with E-state index in [4.69, 9.17) is 47.0 Å². The molecule has 2 aromatic rings. The fourth-order valence-electron chi connectivity index (χ4n) is 1.79. The predicted molar refractivity (Wildman–Crippen MR) is 97.3 cm³/mol. The lowest BCUT2D eigenvalue weighted by Crippen LogP contribution is -2.34. The van der Waals surface area contributed by atoms with E-state index in [2.05, 4.69) is 15.7 Å². The monoisotopic (exact) mass is 376 g/mol. The largest absolute Gasteiger partial charge is 0.360 e. The molecule has 4 nitrogen and oxygen atoms in total. The first-order chi connectivity index (χ1) is 10.3. The van der Waals surface area contributed by atoms with Gasteiger partial charge in [-0.2, -0.15) is 5.10 Å². The van der Waals surface area contributed by atoms with Gasteiger partial charge in [0.15, 0.2) is 10.9 Å². The van der Waals surface area contributed by atoms with Crippen LogP contribution in [0.25, 0.3) is 0 Å². The Morgan fingerprint density at radius 2 is 1.95 bits per heavy atom. The molecule has 0 atom stereocenters. The summed E-state index contributed by atoms with van der Waals surface area (Å²) in [5.41, 5.74) is 0.975. The Labute approximate surface area is 149 Å². The van der Waals surface area contributed by atoms with Crippen molar-refractivity contribution in [3.05, 3.63) is 45.0 Å². The van der Waals surface area contributed by atoms with E-state index in [0.717, 1.165) is 5.56 Å². The molecule has 0 aliphatic carbocycles. The second-order valence-electron chi connectivity index (χ2n) is 5.02. The molecule has 0 unspecified atom stereocenters. The second-order valence-corrected chi connectivity index (χ2v) is 6.65. The number of nitrogens with one attached hydrogen (secondary N) is 2. The van der Waals surface area contributed by atoms with Gasteiger partial charge in [0.05, 0.1) is 16.6 Å². The van der Waals surface area contributed by atoms with Crippen LogP contribution in [0.2, 0.25) is 15.1 Å². The van der Waals surface area contributed by atoms with Gasteiger partial charge in [0, 0.05) is 12.2 Å². The molecule has 22 heavy (non-hydrogen) atoms. The number of thiocarbonyl (C=S) groups is 1. The molecule has 0 radical (unpaired) electrons. The summed E-state index contributed by atoms with van der Waals surface area (Å²) in [5.74, 6) is 0.514. The molecule has 1 aromatic carbocycles. The highest BCUT2D eigenvalue weighted by atomic mass is 35.5. The number of aromatic nitrogens is 2. The minimum atomic E-state index is 0.233. The van der Waals surface area contributed by atoms with E-state index < -0.39 is 0 Å². The third-order valence-corrected chi connectivity index (χ3v) is 3.93. The topological polar surface area (TPSA) is 41.9 Å². The van der Waals surface area contributed by atoms with Crippen LogP contribution in [0, 0.1) is 0 Å². The maximum atomic E-state index is 6.17.